The second kappa shape index (κ2) is 36.4. The second-order valence-electron chi connectivity index (χ2n) is 13.6. The number of rotatable bonds is 36. The van der Waals surface area contributed by atoms with Crippen LogP contribution < -0.4 is 5.32 Å². The highest BCUT2D eigenvalue weighted by Gasteiger charge is 2.16. The van der Waals surface area contributed by atoms with Crippen molar-refractivity contribution in [2.75, 3.05) is 33.3 Å². The Bertz CT molecular complexity index is 598. The van der Waals surface area contributed by atoms with Crippen LogP contribution in [-0.4, -0.2) is 50.1 Å². The molecule has 5 heteroatoms. The standard InChI is InChI=1S/C39H78N2O3/c1-4-6-8-10-12-14-16-18-19-20-21-23-25-27-29-33-39(43)44-37-36-41(3)35-31-32-38(42)40-34-30-28-26-24-22-17-15-13-11-9-7-5-2/h4-37H2,1-3H3,(H,40,42)/q+1. The van der Waals surface area contributed by atoms with Gasteiger partial charge >= 0.3 is 5.97 Å². The van der Waals surface area contributed by atoms with Gasteiger partial charge in [0, 0.05) is 17.8 Å². The average molecular weight is 623 g/mol. The summed E-state index contributed by atoms with van der Waals surface area (Å²) in [6, 6.07) is 0. The van der Waals surface area contributed by atoms with Gasteiger partial charge in [-0.25, -0.2) is 0 Å². The fourth-order valence-electron chi connectivity index (χ4n) is 5.93. The predicted octanol–water partition coefficient (Wildman–Crippen LogP) is 11.3. The number of hydrogen-bond acceptors (Lipinski definition) is 4. The van der Waals surface area contributed by atoms with Gasteiger partial charge in [0.2, 0.25) is 5.91 Å². The van der Waals surface area contributed by atoms with Gasteiger partial charge in [0.05, 0.1) is 6.54 Å². The first-order valence-electron chi connectivity index (χ1n) is 19.7. The lowest BCUT2D eigenvalue weighted by Crippen LogP contribution is -2.28. The van der Waals surface area contributed by atoms with E-state index in [1.54, 1.807) is 0 Å². The summed E-state index contributed by atoms with van der Waals surface area (Å²) in [6.45, 7) is 7.38. The van der Waals surface area contributed by atoms with E-state index in [1.165, 1.54) is 154 Å². The van der Waals surface area contributed by atoms with Crippen molar-refractivity contribution in [3.05, 3.63) is 0 Å². The van der Waals surface area contributed by atoms with Crippen molar-refractivity contribution in [3.8, 4) is 0 Å². The van der Waals surface area contributed by atoms with Gasteiger partial charge in [-0.1, -0.05) is 174 Å². The van der Waals surface area contributed by atoms with Crippen molar-refractivity contribution in [3.63, 3.8) is 0 Å². The summed E-state index contributed by atoms with van der Waals surface area (Å²) in [4.78, 5) is 26.3. The van der Waals surface area contributed by atoms with Gasteiger partial charge in [0.15, 0.2) is 6.61 Å². The summed E-state index contributed by atoms with van der Waals surface area (Å²) in [7, 11) is 2.03. The van der Waals surface area contributed by atoms with Crippen LogP contribution in [0.3, 0.4) is 0 Å². The molecule has 44 heavy (non-hydrogen) atoms. The third kappa shape index (κ3) is 35.4. The molecule has 0 atom stereocenters. The van der Waals surface area contributed by atoms with Gasteiger partial charge in [-0.3, -0.25) is 4.79 Å². The molecule has 0 unspecified atom stereocenters. The average Bonchev–Trinajstić information content (AvgIpc) is 3.01. The fourth-order valence-corrected chi connectivity index (χ4v) is 5.93. The van der Waals surface area contributed by atoms with Crippen molar-refractivity contribution in [1.82, 2.24) is 10.2 Å². The third-order valence-corrected chi connectivity index (χ3v) is 9.02. The van der Waals surface area contributed by atoms with Gasteiger partial charge in [-0.15, -0.1) is 0 Å². The molecule has 0 saturated carbocycles. The SMILES string of the molecule is CCCCCCCCCCCCCCCCCC(=[O+])OCCN(C)CCCC(=O)NCCCCCCCCCCCCCC. The zero-order valence-electron chi connectivity index (χ0n) is 30.2. The number of esters is 1. The van der Waals surface area contributed by atoms with E-state index < -0.39 is 0 Å². The highest BCUT2D eigenvalue weighted by Crippen LogP contribution is 2.14. The molecule has 0 spiro atoms. The lowest BCUT2D eigenvalue weighted by molar-refractivity contribution is -0.144. The fraction of sp³-hybridized carbons (Fsp3) is 0.949. The molecule has 0 aliphatic carbocycles. The molecule has 0 heterocycles. The maximum Gasteiger partial charge on any atom is 0.574 e. The molecular weight excluding hydrogens is 544 g/mol. The van der Waals surface area contributed by atoms with Gasteiger partial charge in [-0.2, -0.15) is 0 Å². The van der Waals surface area contributed by atoms with Crippen LogP contribution >= 0.6 is 0 Å². The van der Waals surface area contributed by atoms with E-state index in [9.17, 15) is 9.59 Å². The number of unbranched alkanes of at least 4 members (excludes halogenated alkanes) is 25. The normalized spacial score (nSPS) is 11.4. The highest BCUT2D eigenvalue weighted by atomic mass is 16.5. The Balaban J connectivity index is 3.36. The maximum atomic E-state index is 12.1. The summed E-state index contributed by atoms with van der Waals surface area (Å²) >= 11 is 0. The molecule has 0 aliphatic heterocycles. The Labute approximate surface area is 275 Å². The van der Waals surface area contributed by atoms with Crippen LogP contribution in [0.4, 0.5) is 0 Å². The predicted molar refractivity (Wildman–Crippen MR) is 191 cm³/mol. The van der Waals surface area contributed by atoms with Crippen molar-refractivity contribution in [1.29, 1.82) is 0 Å². The minimum Gasteiger partial charge on any atom is -0.356 e. The van der Waals surface area contributed by atoms with Gasteiger partial charge in [-0.05, 0) is 32.9 Å². The van der Waals surface area contributed by atoms with Crippen LogP contribution in [-0.2, 0) is 14.3 Å². The van der Waals surface area contributed by atoms with E-state index in [4.69, 9.17) is 4.74 Å². The van der Waals surface area contributed by atoms with E-state index >= 15 is 0 Å². The smallest absolute Gasteiger partial charge is 0.356 e. The van der Waals surface area contributed by atoms with Crippen molar-refractivity contribution in [2.45, 2.75) is 206 Å². The zero-order valence-corrected chi connectivity index (χ0v) is 30.2. The van der Waals surface area contributed by atoms with E-state index in [1.807, 2.05) is 7.05 Å². The molecule has 0 rings (SSSR count). The van der Waals surface area contributed by atoms with Crippen LogP contribution in [0, 0.1) is 0 Å². The molecule has 0 aromatic carbocycles. The monoisotopic (exact) mass is 623 g/mol. The van der Waals surface area contributed by atoms with Gasteiger partial charge < -0.3 is 15.0 Å². The number of amides is 1. The summed E-state index contributed by atoms with van der Waals surface area (Å²) < 4.78 is 5.43. The maximum absolute atomic E-state index is 12.1. The van der Waals surface area contributed by atoms with Crippen LogP contribution in [0.15, 0.2) is 0 Å². The molecule has 261 valence electrons. The van der Waals surface area contributed by atoms with E-state index in [0.717, 1.165) is 45.3 Å². The van der Waals surface area contributed by atoms with E-state index in [-0.39, 0.29) is 11.9 Å². The van der Waals surface area contributed by atoms with Gasteiger partial charge in [0.25, 0.3) is 0 Å². The Kier molecular flexibility index (Phi) is 35.5. The van der Waals surface area contributed by atoms with Gasteiger partial charge in [0.1, 0.15) is 6.42 Å². The molecular formula is C39H78N2O3+. The number of hydrogen-bond donors (Lipinski definition) is 1. The molecule has 1 N–H and O–H groups in total. The quantitative estimate of drug-likeness (QED) is 0.0429. The minimum atomic E-state index is -0.0646. The largest absolute Gasteiger partial charge is 0.574 e. The van der Waals surface area contributed by atoms with Crippen LogP contribution in [0.2, 0.25) is 0 Å². The summed E-state index contributed by atoms with van der Waals surface area (Å²) in [5.74, 6) is 0.0988. The molecule has 0 aromatic rings. The number of carbonyl (C=O) groups excluding carboxylic acids is 2. The van der Waals surface area contributed by atoms with E-state index in [2.05, 4.69) is 24.1 Å². The molecule has 1 radical (unpaired) electrons. The second-order valence-corrected chi connectivity index (χ2v) is 13.6. The molecule has 5 nitrogen and oxygen atoms in total. The van der Waals surface area contributed by atoms with Crippen LogP contribution in [0.1, 0.15) is 206 Å². The topological polar surface area (TPSA) is 61.5 Å². The van der Waals surface area contributed by atoms with Crippen LogP contribution in [0.5, 0.6) is 0 Å². The Morgan fingerprint density at radius 1 is 0.523 bits per heavy atom. The Morgan fingerprint density at radius 3 is 1.34 bits per heavy atom. The molecule has 1 amide bonds. The molecule has 0 saturated heterocycles. The Morgan fingerprint density at radius 2 is 0.909 bits per heavy atom. The minimum absolute atomic E-state index is 0.0646. The highest BCUT2D eigenvalue weighted by molar-refractivity contribution is 5.75. The number of carbonyl (C=O) groups is 2. The summed E-state index contributed by atoms with van der Waals surface area (Å²) in [5.41, 5.74) is 0. The number of nitrogens with one attached hydrogen (secondary N) is 1. The lowest BCUT2D eigenvalue weighted by Gasteiger charge is -2.14. The first-order chi connectivity index (χ1) is 21.6. The molecule has 0 bridgehead atoms. The third-order valence-electron chi connectivity index (χ3n) is 9.02. The summed E-state index contributed by atoms with van der Waals surface area (Å²) in [5, 5.41) is 3.08. The number of nitrogens with zero attached hydrogens (tertiary/aromatic N) is 1. The Hall–Kier alpha value is -1.10. The van der Waals surface area contributed by atoms with Crippen LogP contribution in [0.25, 0.3) is 0 Å². The number of ether oxygens (including phenoxy) is 1. The lowest BCUT2D eigenvalue weighted by atomic mass is 10.0. The first-order valence-corrected chi connectivity index (χ1v) is 19.7. The molecule has 0 aromatic heterocycles. The zero-order chi connectivity index (χ0) is 32.2. The van der Waals surface area contributed by atoms with Crippen molar-refractivity contribution in [2.24, 2.45) is 0 Å². The first kappa shape index (κ1) is 42.9. The summed E-state index contributed by atoms with van der Waals surface area (Å²) in [6.07, 6.45) is 38.0. The molecule has 0 fully saturated rings. The molecule has 0 aliphatic rings. The van der Waals surface area contributed by atoms with Crippen molar-refractivity contribution >= 4 is 11.9 Å². The van der Waals surface area contributed by atoms with Crippen molar-refractivity contribution < 1.29 is 14.3 Å². The number of likely N-dealkylation sites (N-methyl/N-ethyl adjacent to an activating group) is 1. The van der Waals surface area contributed by atoms with E-state index in [0.29, 0.717) is 19.4 Å².